The van der Waals surface area contributed by atoms with Crippen molar-refractivity contribution in [2.45, 2.75) is 31.5 Å². The van der Waals surface area contributed by atoms with Crippen LogP contribution in [0.4, 0.5) is 0 Å². The Bertz CT molecular complexity index is 1380. The van der Waals surface area contributed by atoms with Crippen LogP contribution in [0.2, 0.25) is 0 Å². The van der Waals surface area contributed by atoms with Gasteiger partial charge in [-0.15, -0.1) is 11.3 Å². The summed E-state index contributed by atoms with van der Waals surface area (Å²) in [6.07, 6.45) is 0.306. The molecule has 0 aliphatic carbocycles. The molecule has 1 N–H and O–H groups in total. The van der Waals surface area contributed by atoms with Crippen molar-refractivity contribution < 1.29 is 19.2 Å². The van der Waals surface area contributed by atoms with Gasteiger partial charge >= 0.3 is 0 Å². The summed E-state index contributed by atoms with van der Waals surface area (Å²) in [5.41, 5.74) is 3.34. The molecule has 1 atom stereocenters. The topological polar surface area (TPSA) is 80.2 Å². The minimum absolute atomic E-state index is 0.144. The Morgan fingerprint density at radius 3 is 2.23 bits per heavy atom. The normalized spacial score (nSPS) is 15.8. The molecule has 3 aromatic carbocycles. The van der Waals surface area contributed by atoms with Crippen LogP contribution in [0.15, 0.2) is 108 Å². The lowest BCUT2D eigenvalue weighted by atomic mass is 9.90. The fourth-order valence-electron chi connectivity index (χ4n) is 4.80. The first-order valence-corrected chi connectivity index (χ1v) is 14.0. The van der Waals surface area contributed by atoms with Crippen LogP contribution in [0.1, 0.15) is 33.9 Å². The highest BCUT2D eigenvalue weighted by molar-refractivity contribution is 7.09. The van der Waals surface area contributed by atoms with Gasteiger partial charge in [-0.2, -0.15) is 0 Å². The quantitative estimate of drug-likeness (QED) is 0.268. The smallest absolute Gasteiger partial charge is 0.243 e. The van der Waals surface area contributed by atoms with Gasteiger partial charge in [0.25, 0.3) is 0 Å². The van der Waals surface area contributed by atoms with E-state index < -0.39 is 12.0 Å². The third-order valence-corrected chi connectivity index (χ3v) is 7.73. The van der Waals surface area contributed by atoms with E-state index in [-0.39, 0.29) is 25.0 Å². The SMILES string of the molecule is COc1ccc(CO/N=C2\C[C@@H](C(=O)NCc3cccs3)N(C(=O)C(c3ccccc3)c3ccccc3)C2)cc1. The number of hydrogen-bond acceptors (Lipinski definition) is 6. The number of oxime groups is 1. The molecule has 40 heavy (non-hydrogen) atoms. The molecule has 1 saturated heterocycles. The highest BCUT2D eigenvalue weighted by atomic mass is 32.1. The predicted molar refractivity (Wildman–Crippen MR) is 156 cm³/mol. The summed E-state index contributed by atoms with van der Waals surface area (Å²) in [4.78, 5) is 36.0. The van der Waals surface area contributed by atoms with E-state index in [1.54, 1.807) is 23.3 Å². The van der Waals surface area contributed by atoms with Crippen molar-refractivity contribution >= 4 is 28.9 Å². The number of thiophene rings is 1. The lowest BCUT2D eigenvalue weighted by Crippen LogP contribution is -2.47. The monoisotopic (exact) mass is 553 g/mol. The van der Waals surface area contributed by atoms with Crippen LogP contribution < -0.4 is 10.1 Å². The standard InChI is InChI=1S/C32H31N3O4S/c1-38-27-16-14-23(15-17-27)22-39-34-26-19-29(31(36)33-20-28-13-8-18-40-28)35(21-26)32(37)30(24-9-4-2-5-10-24)25-11-6-3-7-12-25/h2-18,29-30H,19-22H2,1H3,(H,33,36)/b34-26+/t29-/m0/s1. The van der Waals surface area contributed by atoms with Crippen molar-refractivity contribution in [3.63, 3.8) is 0 Å². The second-order valence-electron chi connectivity index (χ2n) is 9.52. The Labute approximate surface area is 238 Å². The first kappa shape index (κ1) is 27.1. The average Bonchev–Trinajstić information content (AvgIpc) is 3.68. The number of rotatable bonds is 10. The van der Waals surface area contributed by atoms with Crippen LogP contribution in [-0.2, 0) is 27.6 Å². The van der Waals surface area contributed by atoms with E-state index in [2.05, 4.69) is 10.5 Å². The number of nitrogens with one attached hydrogen (secondary N) is 1. The zero-order valence-corrected chi connectivity index (χ0v) is 23.1. The highest BCUT2D eigenvalue weighted by Crippen LogP contribution is 2.30. The number of amides is 2. The number of likely N-dealkylation sites (tertiary alicyclic amines) is 1. The molecular weight excluding hydrogens is 522 g/mol. The molecule has 7 nitrogen and oxygen atoms in total. The number of benzene rings is 3. The minimum atomic E-state index is -0.689. The molecule has 4 aromatic rings. The molecule has 1 aliphatic heterocycles. The molecule has 1 aromatic heterocycles. The maximum absolute atomic E-state index is 14.2. The number of nitrogens with zero attached hydrogens (tertiary/aromatic N) is 2. The number of carbonyl (C=O) groups is 2. The van der Waals surface area contributed by atoms with Gasteiger partial charge in [-0.25, -0.2) is 0 Å². The molecule has 0 saturated carbocycles. The predicted octanol–water partition coefficient (Wildman–Crippen LogP) is 5.38. The Morgan fingerprint density at radius 1 is 0.950 bits per heavy atom. The van der Waals surface area contributed by atoms with E-state index in [1.807, 2.05) is 102 Å². The van der Waals surface area contributed by atoms with E-state index >= 15 is 0 Å². The molecule has 0 spiro atoms. The van der Waals surface area contributed by atoms with Crippen LogP contribution in [0, 0.1) is 0 Å². The number of carbonyl (C=O) groups excluding carboxylic acids is 2. The second-order valence-corrected chi connectivity index (χ2v) is 10.5. The lowest BCUT2D eigenvalue weighted by Gasteiger charge is -2.28. The van der Waals surface area contributed by atoms with Crippen LogP contribution in [0.25, 0.3) is 0 Å². The summed E-state index contributed by atoms with van der Waals surface area (Å²) in [6, 6.07) is 30.1. The van der Waals surface area contributed by atoms with Crippen LogP contribution in [0.3, 0.4) is 0 Å². The van der Waals surface area contributed by atoms with Crippen molar-refractivity contribution in [3.05, 3.63) is 124 Å². The van der Waals surface area contributed by atoms with Crippen LogP contribution in [-0.4, -0.2) is 42.1 Å². The van der Waals surface area contributed by atoms with E-state index in [0.717, 1.165) is 27.3 Å². The van der Waals surface area contributed by atoms with Gasteiger partial charge in [-0.1, -0.05) is 84.0 Å². The number of hydrogen-bond donors (Lipinski definition) is 1. The Morgan fingerprint density at radius 2 is 1.62 bits per heavy atom. The highest BCUT2D eigenvalue weighted by Gasteiger charge is 2.41. The van der Waals surface area contributed by atoms with Crippen LogP contribution in [0.5, 0.6) is 5.75 Å². The number of methoxy groups -OCH3 is 1. The first-order valence-electron chi connectivity index (χ1n) is 13.1. The van der Waals surface area contributed by atoms with Gasteiger partial charge < -0.3 is 19.8 Å². The van der Waals surface area contributed by atoms with E-state index in [1.165, 1.54) is 0 Å². The van der Waals surface area contributed by atoms with Crippen LogP contribution >= 0.6 is 11.3 Å². The minimum Gasteiger partial charge on any atom is -0.497 e. The van der Waals surface area contributed by atoms with Gasteiger partial charge in [-0.05, 0) is 40.3 Å². The molecule has 0 radical (unpaired) electrons. The second kappa shape index (κ2) is 13.1. The van der Waals surface area contributed by atoms with E-state index in [9.17, 15) is 9.59 Å². The maximum Gasteiger partial charge on any atom is 0.243 e. The molecule has 2 amide bonds. The van der Waals surface area contributed by atoms with Gasteiger partial charge in [-0.3, -0.25) is 9.59 Å². The molecule has 1 aliphatic rings. The maximum atomic E-state index is 14.2. The largest absolute Gasteiger partial charge is 0.497 e. The Balaban J connectivity index is 1.37. The van der Waals surface area contributed by atoms with Crippen molar-refractivity contribution in [1.82, 2.24) is 10.2 Å². The zero-order chi connectivity index (χ0) is 27.7. The Kier molecular flexibility index (Phi) is 8.88. The molecule has 1 fully saturated rings. The summed E-state index contributed by atoms with van der Waals surface area (Å²) in [5.74, 6) is -0.131. The van der Waals surface area contributed by atoms with Gasteiger partial charge in [0.1, 0.15) is 18.4 Å². The summed E-state index contributed by atoms with van der Waals surface area (Å²) in [7, 11) is 1.62. The summed E-state index contributed by atoms with van der Waals surface area (Å²) >= 11 is 1.58. The zero-order valence-electron chi connectivity index (χ0n) is 22.2. The molecule has 5 rings (SSSR count). The van der Waals surface area contributed by atoms with Gasteiger partial charge in [0, 0.05) is 11.3 Å². The molecule has 0 unspecified atom stereocenters. The van der Waals surface area contributed by atoms with Gasteiger partial charge in [0.2, 0.25) is 11.8 Å². The molecule has 0 bridgehead atoms. The first-order chi connectivity index (χ1) is 19.6. The third kappa shape index (κ3) is 6.58. The number of ether oxygens (including phenoxy) is 1. The van der Waals surface area contributed by atoms with Crippen molar-refractivity contribution in [3.8, 4) is 5.75 Å². The van der Waals surface area contributed by atoms with Crippen molar-refractivity contribution in [2.24, 2.45) is 5.16 Å². The molecular formula is C32H31N3O4S. The molecule has 2 heterocycles. The summed E-state index contributed by atoms with van der Waals surface area (Å²) < 4.78 is 5.21. The molecule has 204 valence electrons. The fraction of sp³-hybridized carbons (Fsp3) is 0.219. The summed E-state index contributed by atoms with van der Waals surface area (Å²) in [6.45, 7) is 0.901. The van der Waals surface area contributed by atoms with Crippen molar-refractivity contribution in [2.75, 3.05) is 13.7 Å². The fourth-order valence-corrected chi connectivity index (χ4v) is 5.44. The summed E-state index contributed by atoms with van der Waals surface area (Å²) in [5, 5.41) is 9.34. The van der Waals surface area contributed by atoms with E-state index in [4.69, 9.17) is 9.57 Å². The van der Waals surface area contributed by atoms with Gasteiger partial charge in [0.15, 0.2) is 0 Å². The van der Waals surface area contributed by atoms with E-state index in [0.29, 0.717) is 18.7 Å². The third-order valence-electron chi connectivity index (χ3n) is 6.86. The van der Waals surface area contributed by atoms with Gasteiger partial charge in [0.05, 0.1) is 31.8 Å². The van der Waals surface area contributed by atoms with Crippen molar-refractivity contribution in [1.29, 1.82) is 0 Å². The lowest BCUT2D eigenvalue weighted by molar-refractivity contribution is -0.138. The Hall–Kier alpha value is -4.43. The average molecular weight is 554 g/mol. The molecule has 8 heteroatoms.